The Balaban J connectivity index is 1.66. The van der Waals surface area contributed by atoms with Gasteiger partial charge >= 0.3 is 0 Å². The van der Waals surface area contributed by atoms with E-state index in [1.807, 2.05) is 30.5 Å². The molecule has 1 aromatic carbocycles. The van der Waals surface area contributed by atoms with Gasteiger partial charge in [-0.25, -0.2) is 4.98 Å². The van der Waals surface area contributed by atoms with E-state index in [0.717, 1.165) is 42.2 Å². The van der Waals surface area contributed by atoms with Gasteiger partial charge < -0.3 is 14.5 Å². The smallest absolute Gasteiger partial charge is 0.142 e. The molecule has 1 aromatic heterocycles. The number of anilines is 2. The molecular weight excluding hydrogens is 330 g/mol. The number of nitrogens with zero attached hydrogens (tertiary/aromatic N) is 3. The first-order valence-electron chi connectivity index (χ1n) is 7.02. The summed E-state index contributed by atoms with van der Waals surface area (Å²) in [6, 6.07) is 12.2. The van der Waals surface area contributed by atoms with Gasteiger partial charge in [-0.05, 0) is 52.3 Å². The maximum absolute atomic E-state index is 5.20. The van der Waals surface area contributed by atoms with Crippen LogP contribution in [0.2, 0.25) is 0 Å². The van der Waals surface area contributed by atoms with E-state index in [0.29, 0.717) is 0 Å². The van der Waals surface area contributed by atoms with E-state index in [1.165, 1.54) is 5.69 Å². The highest BCUT2D eigenvalue weighted by Crippen LogP contribution is 2.26. The second-order valence-corrected chi connectivity index (χ2v) is 5.84. The Morgan fingerprint density at radius 1 is 1.00 bits per heavy atom. The summed E-state index contributed by atoms with van der Waals surface area (Å²) in [5, 5.41) is 0. The summed E-state index contributed by atoms with van der Waals surface area (Å²) in [6.07, 6.45) is 1.84. The predicted molar refractivity (Wildman–Crippen MR) is 89.4 cm³/mol. The van der Waals surface area contributed by atoms with Crippen LogP contribution in [0.15, 0.2) is 47.1 Å². The van der Waals surface area contributed by atoms with Gasteiger partial charge in [0, 0.05) is 38.1 Å². The minimum Gasteiger partial charge on any atom is -0.497 e. The molecule has 0 spiro atoms. The Labute approximate surface area is 133 Å². The first-order valence-corrected chi connectivity index (χ1v) is 7.81. The quantitative estimate of drug-likeness (QED) is 0.852. The number of hydrogen-bond acceptors (Lipinski definition) is 4. The van der Waals surface area contributed by atoms with Gasteiger partial charge in [0.05, 0.1) is 11.6 Å². The molecule has 0 unspecified atom stereocenters. The molecule has 3 rings (SSSR count). The summed E-state index contributed by atoms with van der Waals surface area (Å²) >= 11 is 3.58. The molecular formula is C16H18BrN3O. The molecule has 0 radical (unpaired) electrons. The van der Waals surface area contributed by atoms with E-state index in [2.05, 4.69) is 42.8 Å². The maximum atomic E-state index is 5.20. The van der Waals surface area contributed by atoms with E-state index >= 15 is 0 Å². The molecule has 4 nitrogen and oxygen atoms in total. The number of piperazine rings is 1. The number of halogens is 1. The van der Waals surface area contributed by atoms with Crippen molar-refractivity contribution < 1.29 is 4.74 Å². The lowest BCUT2D eigenvalue weighted by atomic mass is 10.2. The number of ether oxygens (including phenoxy) is 1. The summed E-state index contributed by atoms with van der Waals surface area (Å²) in [4.78, 5) is 9.19. The Bertz CT molecular complexity index is 595. The Kier molecular flexibility index (Phi) is 4.29. The van der Waals surface area contributed by atoms with Crippen LogP contribution < -0.4 is 14.5 Å². The van der Waals surface area contributed by atoms with Crippen molar-refractivity contribution in [3.05, 3.63) is 47.1 Å². The number of aromatic nitrogens is 1. The van der Waals surface area contributed by atoms with Gasteiger partial charge in [-0.1, -0.05) is 0 Å². The minimum absolute atomic E-state index is 0.898. The zero-order valence-corrected chi connectivity index (χ0v) is 13.6. The number of pyridine rings is 1. The van der Waals surface area contributed by atoms with Gasteiger partial charge in [0.1, 0.15) is 11.6 Å². The molecule has 2 heterocycles. The lowest BCUT2D eigenvalue weighted by Crippen LogP contribution is -2.46. The Morgan fingerprint density at radius 3 is 2.29 bits per heavy atom. The molecule has 5 heteroatoms. The SMILES string of the molecule is COc1ccc(N2CCN(c3ncccc3Br)CC2)cc1. The zero-order valence-electron chi connectivity index (χ0n) is 12.0. The maximum Gasteiger partial charge on any atom is 0.142 e. The third kappa shape index (κ3) is 3.13. The highest BCUT2D eigenvalue weighted by atomic mass is 79.9. The molecule has 0 bridgehead atoms. The normalized spacial score (nSPS) is 15.1. The van der Waals surface area contributed by atoms with Gasteiger partial charge in [0.25, 0.3) is 0 Å². The van der Waals surface area contributed by atoms with Crippen molar-refractivity contribution >= 4 is 27.4 Å². The highest BCUT2D eigenvalue weighted by molar-refractivity contribution is 9.10. The van der Waals surface area contributed by atoms with E-state index in [4.69, 9.17) is 4.74 Å². The molecule has 0 saturated carbocycles. The monoisotopic (exact) mass is 347 g/mol. The van der Waals surface area contributed by atoms with Gasteiger partial charge in [0.2, 0.25) is 0 Å². The fourth-order valence-corrected chi connectivity index (χ4v) is 3.09. The molecule has 0 N–H and O–H groups in total. The summed E-state index contributed by atoms with van der Waals surface area (Å²) in [6.45, 7) is 3.94. The highest BCUT2D eigenvalue weighted by Gasteiger charge is 2.19. The van der Waals surface area contributed by atoms with Crippen LogP contribution in [0.4, 0.5) is 11.5 Å². The molecule has 1 saturated heterocycles. The van der Waals surface area contributed by atoms with Crippen molar-refractivity contribution in [2.24, 2.45) is 0 Å². The second kappa shape index (κ2) is 6.35. The average Bonchev–Trinajstić information content (AvgIpc) is 2.56. The Morgan fingerprint density at radius 2 is 1.67 bits per heavy atom. The fourth-order valence-electron chi connectivity index (χ4n) is 2.58. The summed E-state index contributed by atoms with van der Waals surface area (Å²) < 4.78 is 6.26. The number of methoxy groups -OCH3 is 1. The van der Waals surface area contributed by atoms with Crippen LogP contribution in [0.3, 0.4) is 0 Å². The summed E-state index contributed by atoms with van der Waals surface area (Å²) in [5.74, 6) is 1.93. The molecule has 2 aromatic rings. The van der Waals surface area contributed by atoms with Gasteiger partial charge in [-0.3, -0.25) is 0 Å². The third-order valence-corrected chi connectivity index (χ3v) is 4.37. The van der Waals surface area contributed by atoms with Crippen molar-refractivity contribution in [1.29, 1.82) is 0 Å². The minimum atomic E-state index is 0.898. The van der Waals surface area contributed by atoms with Crippen molar-refractivity contribution in [3.63, 3.8) is 0 Å². The van der Waals surface area contributed by atoms with E-state index in [9.17, 15) is 0 Å². The van der Waals surface area contributed by atoms with Crippen molar-refractivity contribution in [2.45, 2.75) is 0 Å². The average molecular weight is 348 g/mol. The Hall–Kier alpha value is -1.75. The first-order chi connectivity index (χ1) is 10.3. The van der Waals surface area contributed by atoms with Crippen LogP contribution in [-0.2, 0) is 0 Å². The fraction of sp³-hybridized carbons (Fsp3) is 0.312. The van der Waals surface area contributed by atoms with Gasteiger partial charge in [-0.2, -0.15) is 0 Å². The summed E-state index contributed by atoms with van der Waals surface area (Å²) in [7, 11) is 1.69. The van der Waals surface area contributed by atoms with Crippen molar-refractivity contribution in [3.8, 4) is 5.75 Å². The van der Waals surface area contributed by atoms with E-state index in [-0.39, 0.29) is 0 Å². The van der Waals surface area contributed by atoms with Crippen molar-refractivity contribution in [2.75, 3.05) is 43.1 Å². The van der Waals surface area contributed by atoms with Crippen LogP contribution in [-0.4, -0.2) is 38.3 Å². The largest absolute Gasteiger partial charge is 0.497 e. The van der Waals surface area contributed by atoms with Crippen LogP contribution in [0.25, 0.3) is 0 Å². The van der Waals surface area contributed by atoms with E-state index in [1.54, 1.807) is 7.11 Å². The van der Waals surface area contributed by atoms with Crippen LogP contribution >= 0.6 is 15.9 Å². The number of hydrogen-bond donors (Lipinski definition) is 0. The topological polar surface area (TPSA) is 28.6 Å². The lowest BCUT2D eigenvalue weighted by Gasteiger charge is -2.37. The number of benzene rings is 1. The second-order valence-electron chi connectivity index (χ2n) is 4.98. The standard InChI is InChI=1S/C16H18BrN3O/c1-21-14-6-4-13(5-7-14)19-9-11-20(12-10-19)16-15(17)3-2-8-18-16/h2-8H,9-12H2,1H3. The number of rotatable bonds is 3. The first kappa shape index (κ1) is 14.2. The molecule has 110 valence electrons. The van der Waals surface area contributed by atoms with Crippen LogP contribution in [0.5, 0.6) is 5.75 Å². The van der Waals surface area contributed by atoms with E-state index < -0.39 is 0 Å². The molecule has 1 aliphatic rings. The molecule has 1 aliphatic heterocycles. The molecule has 0 amide bonds. The lowest BCUT2D eigenvalue weighted by molar-refractivity contribution is 0.415. The molecule has 0 atom stereocenters. The molecule has 1 fully saturated rings. The molecule has 0 aliphatic carbocycles. The van der Waals surface area contributed by atoms with Crippen LogP contribution in [0.1, 0.15) is 0 Å². The molecule has 21 heavy (non-hydrogen) atoms. The zero-order chi connectivity index (χ0) is 14.7. The third-order valence-electron chi connectivity index (χ3n) is 3.76. The van der Waals surface area contributed by atoms with Gasteiger partial charge in [-0.15, -0.1) is 0 Å². The van der Waals surface area contributed by atoms with Crippen LogP contribution in [0, 0.1) is 0 Å². The van der Waals surface area contributed by atoms with Gasteiger partial charge in [0.15, 0.2) is 0 Å². The summed E-state index contributed by atoms with van der Waals surface area (Å²) in [5.41, 5.74) is 1.25. The predicted octanol–water partition coefficient (Wildman–Crippen LogP) is 3.18. The van der Waals surface area contributed by atoms with Crippen molar-refractivity contribution in [1.82, 2.24) is 4.98 Å².